The smallest absolute Gasteiger partial charge is 0.257 e. The number of amides is 1. The van der Waals surface area contributed by atoms with E-state index in [0.29, 0.717) is 17.2 Å². The number of imidazole rings is 1. The maximum absolute atomic E-state index is 13.2. The molecule has 0 spiro atoms. The van der Waals surface area contributed by atoms with Crippen molar-refractivity contribution >= 4 is 16.9 Å². The van der Waals surface area contributed by atoms with Crippen LogP contribution >= 0.6 is 0 Å². The third kappa shape index (κ3) is 4.17. The zero-order valence-electron chi connectivity index (χ0n) is 17.4. The molecule has 5 nitrogen and oxygen atoms in total. The molecule has 2 heterocycles. The molecule has 3 aromatic carbocycles. The first-order chi connectivity index (χ1) is 15.3. The van der Waals surface area contributed by atoms with Crippen molar-refractivity contribution in [1.82, 2.24) is 14.5 Å². The monoisotopic (exact) mass is 411 g/mol. The molecule has 5 heteroatoms. The van der Waals surface area contributed by atoms with Crippen LogP contribution in [0.25, 0.3) is 11.0 Å². The highest BCUT2D eigenvalue weighted by Crippen LogP contribution is 2.28. The van der Waals surface area contributed by atoms with Crippen LogP contribution < -0.4 is 4.74 Å². The number of piperidine rings is 1. The number of benzene rings is 3. The van der Waals surface area contributed by atoms with Crippen molar-refractivity contribution in [2.75, 3.05) is 13.1 Å². The number of ether oxygens (including phenoxy) is 1. The van der Waals surface area contributed by atoms with Gasteiger partial charge in [0.25, 0.3) is 5.91 Å². The fourth-order valence-electron chi connectivity index (χ4n) is 4.27. The zero-order valence-corrected chi connectivity index (χ0v) is 17.4. The summed E-state index contributed by atoms with van der Waals surface area (Å²) >= 11 is 0. The molecule has 156 valence electrons. The van der Waals surface area contributed by atoms with Crippen molar-refractivity contribution in [1.29, 1.82) is 0 Å². The molecule has 0 saturated carbocycles. The third-order valence-electron chi connectivity index (χ3n) is 5.97. The lowest BCUT2D eigenvalue weighted by molar-refractivity contribution is 0.0681. The summed E-state index contributed by atoms with van der Waals surface area (Å²) in [5.41, 5.74) is 2.82. The Hall–Kier alpha value is -3.60. The maximum atomic E-state index is 13.2. The fourth-order valence-corrected chi connectivity index (χ4v) is 4.27. The summed E-state index contributed by atoms with van der Waals surface area (Å²) in [6.07, 6.45) is 3.90. The van der Waals surface area contributed by atoms with Gasteiger partial charge < -0.3 is 14.2 Å². The topological polar surface area (TPSA) is 47.4 Å². The number of carbonyl (C=O) groups excluding carboxylic acids is 1. The molecular weight excluding hydrogens is 386 g/mol. The number of likely N-dealkylation sites (tertiary alicyclic amines) is 1. The molecule has 5 rings (SSSR count). The highest BCUT2D eigenvalue weighted by Gasteiger charge is 2.26. The Balaban J connectivity index is 1.24. The summed E-state index contributed by atoms with van der Waals surface area (Å²) in [7, 11) is 0. The molecule has 0 unspecified atom stereocenters. The summed E-state index contributed by atoms with van der Waals surface area (Å²) in [5.74, 6) is 1.91. The number of para-hydroxylation sites is 4. The van der Waals surface area contributed by atoms with Crippen molar-refractivity contribution in [3.63, 3.8) is 0 Å². The minimum Gasteiger partial charge on any atom is -0.457 e. The van der Waals surface area contributed by atoms with Crippen molar-refractivity contribution in [2.24, 2.45) is 5.92 Å². The Morgan fingerprint density at radius 1 is 0.903 bits per heavy atom. The molecule has 31 heavy (non-hydrogen) atoms. The molecule has 1 aliphatic rings. The van der Waals surface area contributed by atoms with Gasteiger partial charge >= 0.3 is 0 Å². The molecule has 0 bridgehead atoms. The predicted molar refractivity (Wildman–Crippen MR) is 121 cm³/mol. The van der Waals surface area contributed by atoms with Crippen LogP contribution in [-0.4, -0.2) is 33.4 Å². The summed E-state index contributed by atoms with van der Waals surface area (Å²) in [5, 5.41) is 0. The molecule has 0 N–H and O–H groups in total. The second-order valence-electron chi connectivity index (χ2n) is 8.03. The predicted octanol–water partition coefficient (Wildman–Crippen LogP) is 5.38. The van der Waals surface area contributed by atoms with Gasteiger partial charge in [-0.25, -0.2) is 4.98 Å². The van der Waals surface area contributed by atoms with E-state index in [1.54, 1.807) is 0 Å². The molecule has 0 atom stereocenters. The van der Waals surface area contributed by atoms with Crippen molar-refractivity contribution in [3.05, 3.63) is 90.8 Å². The number of aromatic nitrogens is 2. The highest BCUT2D eigenvalue weighted by atomic mass is 16.5. The van der Waals surface area contributed by atoms with Gasteiger partial charge in [0.2, 0.25) is 0 Å². The molecule has 1 aliphatic heterocycles. The Morgan fingerprint density at radius 2 is 1.61 bits per heavy atom. The van der Waals surface area contributed by atoms with Crippen LogP contribution in [0.5, 0.6) is 11.5 Å². The largest absolute Gasteiger partial charge is 0.457 e. The van der Waals surface area contributed by atoms with E-state index in [1.165, 1.54) is 5.52 Å². The highest BCUT2D eigenvalue weighted by molar-refractivity contribution is 5.97. The van der Waals surface area contributed by atoms with Gasteiger partial charge in [0.1, 0.15) is 11.5 Å². The number of carbonyl (C=O) groups is 1. The molecule has 4 aromatic rings. The number of hydrogen-bond acceptors (Lipinski definition) is 3. The third-order valence-corrected chi connectivity index (χ3v) is 5.97. The lowest BCUT2D eigenvalue weighted by Gasteiger charge is -2.32. The average Bonchev–Trinajstić information content (AvgIpc) is 3.23. The van der Waals surface area contributed by atoms with Gasteiger partial charge in [-0.15, -0.1) is 0 Å². The first-order valence-corrected chi connectivity index (χ1v) is 10.8. The number of rotatable bonds is 5. The van der Waals surface area contributed by atoms with E-state index in [1.807, 2.05) is 78.0 Å². The number of fused-ring (bicyclic) bond motifs is 1. The Labute approximate surface area is 181 Å². The van der Waals surface area contributed by atoms with Gasteiger partial charge in [0.15, 0.2) is 0 Å². The standard InChI is InChI=1S/C26H25N3O2/c30-26(22-10-4-7-13-25(22)31-21-8-2-1-3-9-21)28-16-14-20(15-17-28)18-29-19-27-23-11-5-6-12-24(23)29/h1-13,19-20H,14-18H2. The second-order valence-corrected chi connectivity index (χ2v) is 8.03. The van der Waals surface area contributed by atoms with E-state index in [4.69, 9.17) is 4.74 Å². The van der Waals surface area contributed by atoms with Crippen LogP contribution in [0.15, 0.2) is 85.2 Å². The van der Waals surface area contributed by atoms with Crippen molar-refractivity contribution < 1.29 is 9.53 Å². The van der Waals surface area contributed by atoms with E-state index in [9.17, 15) is 4.79 Å². The molecule has 0 radical (unpaired) electrons. The average molecular weight is 412 g/mol. The van der Waals surface area contributed by atoms with Gasteiger partial charge in [0.05, 0.1) is 22.9 Å². The zero-order chi connectivity index (χ0) is 21.0. The van der Waals surface area contributed by atoms with Crippen LogP contribution in [0.3, 0.4) is 0 Å². The van der Waals surface area contributed by atoms with Crippen molar-refractivity contribution in [3.8, 4) is 11.5 Å². The van der Waals surface area contributed by atoms with Gasteiger partial charge in [-0.05, 0) is 55.2 Å². The summed E-state index contributed by atoms with van der Waals surface area (Å²) < 4.78 is 8.23. The van der Waals surface area contributed by atoms with E-state index in [2.05, 4.69) is 21.7 Å². The Bertz CT molecular complexity index is 1180. The molecular formula is C26H25N3O2. The van der Waals surface area contributed by atoms with E-state index in [0.717, 1.165) is 43.7 Å². The van der Waals surface area contributed by atoms with Crippen LogP contribution in [0.4, 0.5) is 0 Å². The maximum Gasteiger partial charge on any atom is 0.257 e. The summed E-state index contributed by atoms with van der Waals surface area (Å²) in [6, 6.07) is 25.3. The molecule has 1 amide bonds. The quantitative estimate of drug-likeness (QED) is 0.443. The Morgan fingerprint density at radius 3 is 2.45 bits per heavy atom. The van der Waals surface area contributed by atoms with Crippen LogP contribution in [0.2, 0.25) is 0 Å². The number of hydrogen-bond donors (Lipinski definition) is 0. The van der Waals surface area contributed by atoms with E-state index < -0.39 is 0 Å². The molecule has 1 aromatic heterocycles. The first kappa shape index (κ1) is 19.4. The summed E-state index contributed by atoms with van der Waals surface area (Å²) in [4.78, 5) is 19.7. The molecule has 1 saturated heterocycles. The van der Waals surface area contributed by atoms with Gasteiger partial charge in [0, 0.05) is 19.6 Å². The van der Waals surface area contributed by atoms with Crippen LogP contribution in [0, 0.1) is 5.92 Å². The normalized spacial score (nSPS) is 14.6. The van der Waals surface area contributed by atoms with Gasteiger partial charge in [-0.3, -0.25) is 4.79 Å². The minimum atomic E-state index is 0.0399. The van der Waals surface area contributed by atoms with E-state index in [-0.39, 0.29) is 5.91 Å². The SMILES string of the molecule is O=C(c1ccccc1Oc1ccccc1)N1CCC(Cn2cnc3ccccc32)CC1. The first-order valence-electron chi connectivity index (χ1n) is 10.8. The lowest BCUT2D eigenvalue weighted by atomic mass is 9.96. The Kier molecular flexibility index (Phi) is 5.40. The van der Waals surface area contributed by atoms with E-state index >= 15 is 0 Å². The van der Waals surface area contributed by atoms with Crippen LogP contribution in [0.1, 0.15) is 23.2 Å². The van der Waals surface area contributed by atoms with Crippen LogP contribution in [-0.2, 0) is 6.54 Å². The fraction of sp³-hybridized carbons (Fsp3) is 0.231. The van der Waals surface area contributed by atoms with Gasteiger partial charge in [-0.1, -0.05) is 42.5 Å². The van der Waals surface area contributed by atoms with Gasteiger partial charge in [-0.2, -0.15) is 0 Å². The second kappa shape index (κ2) is 8.64. The minimum absolute atomic E-state index is 0.0399. The van der Waals surface area contributed by atoms with Crippen molar-refractivity contribution in [2.45, 2.75) is 19.4 Å². The molecule has 1 fully saturated rings. The molecule has 0 aliphatic carbocycles. The lowest BCUT2D eigenvalue weighted by Crippen LogP contribution is -2.39. The summed E-state index contributed by atoms with van der Waals surface area (Å²) in [6.45, 7) is 2.46. The number of nitrogens with zero attached hydrogens (tertiary/aromatic N) is 3.